The lowest BCUT2D eigenvalue weighted by Gasteiger charge is -2.43. The Morgan fingerprint density at radius 2 is 0.971 bits per heavy atom. The molecule has 0 saturated heterocycles. The van der Waals surface area contributed by atoms with E-state index in [-0.39, 0.29) is 28.4 Å². The molecule has 11 rings (SSSR count). The van der Waals surface area contributed by atoms with Crippen LogP contribution in [-0.2, 0) is 21.7 Å². The van der Waals surface area contributed by atoms with Crippen LogP contribution in [-0.4, -0.2) is 6.71 Å². The number of aryl methyl sites for hydroxylation is 3. The molecule has 0 spiro atoms. The largest absolute Gasteiger partial charge is 0.468 e. The maximum atomic E-state index is 7.55. The van der Waals surface area contributed by atoms with Gasteiger partial charge in [-0.15, -0.1) is 0 Å². The van der Waals surface area contributed by atoms with Gasteiger partial charge in [0.2, 0.25) is 0 Å². The average Bonchev–Trinajstić information content (AvgIpc) is 3.66. The zero-order chi connectivity index (χ0) is 47.8. The van der Waals surface area contributed by atoms with Crippen LogP contribution in [0.4, 0.5) is 51.2 Å². The Bertz CT molecular complexity index is 3220. The van der Waals surface area contributed by atoms with E-state index in [0.717, 1.165) is 63.9 Å². The lowest BCUT2D eigenvalue weighted by molar-refractivity contribution is 0.332. The summed E-state index contributed by atoms with van der Waals surface area (Å²) in [5.74, 6) is 0. The molecular weight excluding hydrogens is 826 g/mol. The zero-order valence-corrected chi connectivity index (χ0v) is 42.5. The average molecular weight is 892 g/mol. The lowest BCUT2D eigenvalue weighted by Crippen LogP contribution is -2.61. The van der Waals surface area contributed by atoms with Crippen molar-refractivity contribution in [3.63, 3.8) is 0 Å². The van der Waals surface area contributed by atoms with Crippen LogP contribution in [0, 0.1) is 20.8 Å². The fourth-order valence-electron chi connectivity index (χ4n) is 11.4. The van der Waals surface area contributed by atoms with Gasteiger partial charge in [-0.2, -0.15) is 0 Å². The summed E-state index contributed by atoms with van der Waals surface area (Å²) in [7, 11) is 0. The molecule has 0 saturated carbocycles. The highest BCUT2D eigenvalue weighted by Gasteiger charge is 2.48. The van der Waals surface area contributed by atoms with Gasteiger partial charge in [0.05, 0.1) is 11.3 Å². The summed E-state index contributed by atoms with van der Waals surface area (Å²) in [5.41, 5.74) is 24.0. The summed E-state index contributed by atoms with van der Waals surface area (Å²) in [6, 6.07) is 53.4. The number of benzene rings is 7. The molecule has 0 fully saturated rings. The number of hydrogen-bond acceptors (Lipinski definition) is 4. The Kier molecular flexibility index (Phi) is 9.90. The Hall–Kier alpha value is -6.46. The molecule has 68 heavy (non-hydrogen) atoms. The Labute approximate surface area is 405 Å². The van der Waals surface area contributed by atoms with Gasteiger partial charge in [-0.25, -0.2) is 0 Å². The lowest BCUT2D eigenvalue weighted by atomic mass is 9.35. The summed E-state index contributed by atoms with van der Waals surface area (Å²) in [5, 5.41) is 1.18. The van der Waals surface area contributed by atoms with E-state index in [1.807, 2.05) is 0 Å². The highest BCUT2D eigenvalue weighted by Crippen LogP contribution is 2.52. The van der Waals surface area contributed by atoms with Crippen molar-refractivity contribution in [3.8, 4) is 0 Å². The molecule has 342 valence electrons. The van der Waals surface area contributed by atoms with Crippen molar-refractivity contribution in [1.29, 1.82) is 0 Å². The first-order valence-electron chi connectivity index (χ1n) is 24.8. The van der Waals surface area contributed by atoms with Crippen LogP contribution in [0.3, 0.4) is 0 Å². The van der Waals surface area contributed by atoms with Gasteiger partial charge < -0.3 is 19.1 Å². The number of rotatable bonds is 5. The van der Waals surface area contributed by atoms with Crippen molar-refractivity contribution in [2.45, 2.75) is 125 Å². The number of nitrogens with zero attached hydrogens (tertiary/aromatic N) is 3. The van der Waals surface area contributed by atoms with Gasteiger partial charge in [0.25, 0.3) is 6.71 Å². The molecule has 1 aromatic heterocycles. The summed E-state index contributed by atoms with van der Waals surface area (Å²) in [4.78, 5) is 7.48. The van der Waals surface area contributed by atoms with Crippen LogP contribution < -0.4 is 31.3 Å². The van der Waals surface area contributed by atoms with Gasteiger partial charge in [0.15, 0.2) is 0 Å². The summed E-state index contributed by atoms with van der Waals surface area (Å²) >= 11 is 0. The van der Waals surface area contributed by atoms with Crippen molar-refractivity contribution in [2.75, 3.05) is 14.7 Å². The van der Waals surface area contributed by atoms with Crippen LogP contribution in [0.5, 0.6) is 0 Å². The molecule has 4 nitrogen and oxygen atoms in total. The Morgan fingerprint density at radius 3 is 1.49 bits per heavy atom. The molecular formula is C63H66BN3O. The quantitative estimate of drug-likeness (QED) is 0.161. The van der Waals surface area contributed by atoms with Gasteiger partial charge in [-0.3, -0.25) is 0 Å². The van der Waals surface area contributed by atoms with Crippen LogP contribution in [0.25, 0.3) is 11.0 Å². The van der Waals surface area contributed by atoms with Gasteiger partial charge in [-0.1, -0.05) is 135 Å². The third-order valence-corrected chi connectivity index (χ3v) is 15.6. The maximum absolute atomic E-state index is 7.55. The third-order valence-electron chi connectivity index (χ3n) is 15.6. The van der Waals surface area contributed by atoms with E-state index in [0.29, 0.717) is 0 Å². The van der Waals surface area contributed by atoms with Crippen molar-refractivity contribution in [1.82, 2.24) is 0 Å². The second-order valence-corrected chi connectivity index (χ2v) is 23.6. The topological polar surface area (TPSA) is 22.9 Å². The first kappa shape index (κ1) is 44.1. The normalized spacial score (nSPS) is 15.8. The number of hydrogen-bond donors (Lipinski definition) is 0. The SMILES string of the molecule is Cc1ccc(N(c2ccc(C)cc2)c2ccc3c(c2)N(c2ccc(C(C)(C)C)cc2)c2cc(C)cc4c2B3c2oc3cc5c(cc3c2N4c2ccc(C(C)(C)C)cc2)C(C)(C)CCC5(C)C)cc1. The van der Waals surface area contributed by atoms with E-state index in [9.17, 15) is 0 Å². The molecule has 0 bridgehead atoms. The molecule has 0 unspecified atom stereocenters. The molecule has 3 heterocycles. The molecule has 5 heteroatoms. The van der Waals surface area contributed by atoms with E-state index in [1.54, 1.807) is 0 Å². The molecule has 2 aliphatic heterocycles. The highest BCUT2D eigenvalue weighted by atomic mass is 16.3. The Balaban J connectivity index is 1.22. The predicted molar refractivity (Wildman–Crippen MR) is 292 cm³/mol. The van der Waals surface area contributed by atoms with E-state index in [2.05, 4.69) is 244 Å². The van der Waals surface area contributed by atoms with Crippen molar-refractivity contribution >= 4 is 85.5 Å². The third kappa shape index (κ3) is 7.10. The smallest absolute Gasteiger partial charge is 0.297 e. The fraction of sp³-hybridized carbons (Fsp3) is 0.302. The zero-order valence-electron chi connectivity index (χ0n) is 42.5. The van der Waals surface area contributed by atoms with Crippen molar-refractivity contribution in [3.05, 3.63) is 178 Å². The van der Waals surface area contributed by atoms with Crippen molar-refractivity contribution < 1.29 is 4.42 Å². The molecule has 8 aromatic rings. The monoisotopic (exact) mass is 892 g/mol. The van der Waals surface area contributed by atoms with E-state index >= 15 is 0 Å². The summed E-state index contributed by atoms with van der Waals surface area (Å²) < 4.78 is 7.55. The van der Waals surface area contributed by atoms with Gasteiger partial charge in [-0.05, 0) is 179 Å². The molecule has 0 atom stereocenters. The number of anilines is 9. The molecule has 0 N–H and O–H groups in total. The maximum Gasteiger partial charge on any atom is 0.297 e. The van der Waals surface area contributed by atoms with E-state index in [4.69, 9.17) is 4.42 Å². The van der Waals surface area contributed by atoms with Gasteiger partial charge in [0, 0.05) is 50.9 Å². The van der Waals surface area contributed by atoms with Crippen LogP contribution in [0.15, 0.2) is 144 Å². The fourth-order valence-corrected chi connectivity index (χ4v) is 11.4. The van der Waals surface area contributed by atoms with Crippen LogP contribution >= 0.6 is 0 Å². The van der Waals surface area contributed by atoms with E-state index in [1.165, 1.54) is 66.6 Å². The van der Waals surface area contributed by atoms with Crippen molar-refractivity contribution in [2.24, 2.45) is 0 Å². The minimum Gasteiger partial charge on any atom is -0.468 e. The molecule has 0 amide bonds. The minimum atomic E-state index is -0.160. The van der Waals surface area contributed by atoms with E-state index < -0.39 is 0 Å². The second kappa shape index (κ2) is 15.3. The first-order chi connectivity index (χ1) is 32.2. The molecule has 0 radical (unpaired) electrons. The van der Waals surface area contributed by atoms with Crippen LogP contribution in [0.2, 0.25) is 0 Å². The van der Waals surface area contributed by atoms with Gasteiger partial charge >= 0.3 is 0 Å². The summed E-state index contributed by atoms with van der Waals surface area (Å²) in [6.07, 6.45) is 2.29. The predicted octanol–water partition coefficient (Wildman–Crippen LogP) is 15.9. The molecule has 3 aliphatic rings. The minimum absolute atomic E-state index is 0.0199. The molecule has 1 aliphatic carbocycles. The van der Waals surface area contributed by atoms with Crippen LogP contribution in [0.1, 0.15) is 121 Å². The standard InChI is InChI=1S/C63H66BN3O/c1-39-14-22-44(23-15-39)65(45-24-16-40(2)17-25-45)48-30-31-52-53(36-48)66(46-26-18-42(19-27-46)60(4,5)6)54-34-41(3)35-55-57(54)64(52)59-58(67(55)47-28-20-43(21-29-47)61(7,8)9)49-37-50-51(38-56(49)68-59)63(12,13)33-32-62(50,10)11/h14-31,34-38H,32-33H2,1-13H3. The Morgan fingerprint density at radius 1 is 0.500 bits per heavy atom. The molecule has 7 aromatic carbocycles. The second-order valence-electron chi connectivity index (χ2n) is 23.6. The first-order valence-corrected chi connectivity index (χ1v) is 24.8. The van der Waals surface area contributed by atoms with Gasteiger partial charge in [0.1, 0.15) is 5.58 Å². The number of fused-ring (bicyclic) bond motifs is 7. The highest BCUT2D eigenvalue weighted by molar-refractivity contribution is 7.00. The summed E-state index contributed by atoms with van der Waals surface area (Å²) in [6.45, 7) is 29.9. The number of furan rings is 1.